The zero-order chi connectivity index (χ0) is 20.9. The normalized spacial score (nSPS) is 18.2. The fourth-order valence-electron chi connectivity index (χ4n) is 4.18. The molecule has 1 atom stereocenters. The van der Waals surface area contributed by atoms with Gasteiger partial charge < -0.3 is 10.2 Å². The van der Waals surface area contributed by atoms with Crippen molar-refractivity contribution in [2.45, 2.75) is 91.1 Å². The van der Waals surface area contributed by atoms with Crippen LogP contribution in [0.15, 0.2) is 6.08 Å². The summed E-state index contributed by atoms with van der Waals surface area (Å²) in [5, 5.41) is 17.9. The number of carboxylic acid groups (broad SMARTS) is 1. The summed E-state index contributed by atoms with van der Waals surface area (Å²) in [6.07, 6.45) is 13.7. The van der Waals surface area contributed by atoms with Crippen LogP contribution in [0.2, 0.25) is 0 Å². The molecule has 1 aliphatic heterocycles. The molecule has 1 aliphatic carbocycles. The van der Waals surface area contributed by atoms with Crippen molar-refractivity contribution in [2.75, 3.05) is 0 Å². The Morgan fingerprint density at radius 1 is 1.07 bits per heavy atom. The third kappa shape index (κ3) is 6.71. The monoisotopic (exact) mass is 404 g/mol. The molecule has 0 spiro atoms. The van der Waals surface area contributed by atoms with Crippen molar-refractivity contribution in [3.63, 3.8) is 0 Å². The van der Waals surface area contributed by atoms with Gasteiger partial charge in [0.05, 0.1) is 12.0 Å². The van der Waals surface area contributed by atoms with E-state index < -0.39 is 11.6 Å². The quantitative estimate of drug-likeness (QED) is 0.606. The topological polar surface area (TPSA) is 57.5 Å². The third-order valence-electron chi connectivity index (χ3n) is 5.57. The first kappa shape index (κ1) is 23.1. The van der Waals surface area contributed by atoms with E-state index in [-0.39, 0.29) is 6.42 Å². The minimum absolute atomic E-state index is 0.146. The first-order valence-corrected chi connectivity index (χ1v) is 12.0. The lowest BCUT2D eigenvalue weighted by molar-refractivity contribution is -0.136. The molecule has 0 amide bonds. The number of carbonyl (C=O) groups is 1. The zero-order valence-electron chi connectivity index (χ0n) is 18.2. The molecule has 0 radical (unpaired) electrons. The van der Waals surface area contributed by atoms with Gasteiger partial charge in [-0.3, -0.25) is 4.79 Å². The van der Waals surface area contributed by atoms with Gasteiger partial charge >= 0.3 is 5.97 Å². The lowest BCUT2D eigenvalue weighted by atomic mass is 9.85. The Kier molecular flexibility index (Phi) is 8.28. The molecule has 1 fully saturated rings. The van der Waals surface area contributed by atoms with Crippen molar-refractivity contribution in [1.29, 1.82) is 0 Å². The second kappa shape index (κ2) is 10.0. The zero-order valence-corrected chi connectivity index (χ0v) is 19.2. The van der Waals surface area contributed by atoms with E-state index in [0.717, 1.165) is 20.3 Å². The second-order valence-corrected chi connectivity index (χ2v) is 10.4. The standard InChI is InChI=1S/C20H27O2P.C4H10O/c1-13-16(9-8-15-6-4-3-5-7-15)17(10-20(21)22)14(2)19-12-23-11-18(13)19;1-4(2,3)5/h8-9,15,23H,3-7,10-12H2,1-2H3,(H,21,22);5H,1-3H3/b9-8+;. The van der Waals surface area contributed by atoms with Crippen molar-refractivity contribution in [1.82, 2.24) is 0 Å². The Morgan fingerprint density at radius 3 is 2.14 bits per heavy atom. The van der Waals surface area contributed by atoms with Gasteiger partial charge in [0.15, 0.2) is 0 Å². The van der Waals surface area contributed by atoms with E-state index >= 15 is 0 Å². The maximum atomic E-state index is 11.4. The van der Waals surface area contributed by atoms with Crippen molar-refractivity contribution in [2.24, 2.45) is 5.92 Å². The van der Waals surface area contributed by atoms with Gasteiger partial charge in [-0.05, 0) is 99.1 Å². The van der Waals surface area contributed by atoms with E-state index in [0.29, 0.717) is 5.92 Å². The Balaban J connectivity index is 0.000000500. The summed E-state index contributed by atoms with van der Waals surface area (Å²) in [5.41, 5.74) is 7.25. The maximum absolute atomic E-state index is 11.4. The predicted molar refractivity (Wildman–Crippen MR) is 121 cm³/mol. The summed E-state index contributed by atoms with van der Waals surface area (Å²) >= 11 is 0. The number of fused-ring (bicyclic) bond motifs is 1. The number of aliphatic carboxylic acids is 1. The molecule has 156 valence electrons. The van der Waals surface area contributed by atoms with Crippen LogP contribution < -0.4 is 0 Å². The van der Waals surface area contributed by atoms with Crippen molar-refractivity contribution in [3.05, 3.63) is 39.5 Å². The summed E-state index contributed by atoms with van der Waals surface area (Å²) in [7, 11) is 0.963. The van der Waals surface area contributed by atoms with E-state index in [4.69, 9.17) is 5.11 Å². The molecule has 1 unspecified atom stereocenters. The van der Waals surface area contributed by atoms with Crippen LogP contribution in [0.1, 0.15) is 86.3 Å². The number of rotatable bonds is 4. The van der Waals surface area contributed by atoms with Crippen LogP contribution in [0.5, 0.6) is 0 Å². The summed E-state index contributed by atoms with van der Waals surface area (Å²) in [4.78, 5) is 11.4. The molecule has 4 heteroatoms. The van der Waals surface area contributed by atoms with E-state index in [2.05, 4.69) is 26.0 Å². The van der Waals surface area contributed by atoms with Crippen LogP contribution in [0, 0.1) is 19.8 Å². The molecule has 28 heavy (non-hydrogen) atoms. The van der Waals surface area contributed by atoms with Gasteiger partial charge in [-0.1, -0.05) is 31.4 Å². The highest BCUT2D eigenvalue weighted by molar-refractivity contribution is 7.36. The molecular formula is C24H37O3P. The minimum atomic E-state index is -0.722. The summed E-state index contributed by atoms with van der Waals surface area (Å²) in [6, 6.07) is 0. The number of carboxylic acids is 1. The Hall–Kier alpha value is -1.18. The van der Waals surface area contributed by atoms with Gasteiger partial charge in [-0.2, -0.15) is 0 Å². The molecule has 1 aromatic rings. The number of aliphatic hydroxyl groups is 1. The van der Waals surface area contributed by atoms with Crippen LogP contribution in [0.3, 0.4) is 0 Å². The molecule has 3 nitrogen and oxygen atoms in total. The molecule has 2 N–H and O–H groups in total. The van der Waals surface area contributed by atoms with E-state index in [1.807, 2.05) is 0 Å². The van der Waals surface area contributed by atoms with Crippen LogP contribution in [0.25, 0.3) is 6.08 Å². The maximum Gasteiger partial charge on any atom is 0.307 e. The number of allylic oxidation sites excluding steroid dienone is 1. The lowest BCUT2D eigenvalue weighted by Gasteiger charge is -2.20. The number of benzene rings is 1. The van der Waals surface area contributed by atoms with Crippen LogP contribution in [0.4, 0.5) is 0 Å². The molecular weight excluding hydrogens is 367 g/mol. The van der Waals surface area contributed by atoms with Gasteiger partial charge in [0, 0.05) is 0 Å². The molecule has 0 bridgehead atoms. The molecule has 2 aliphatic rings. The predicted octanol–water partition coefficient (Wildman–Crippen LogP) is 5.99. The fourth-order valence-corrected chi connectivity index (χ4v) is 5.76. The molecule has 0 aromatic heterocycles. The van der Waals surface area contributed by atoms with E-state index in [1.54, 1.807) is 20.8 Å². The summed E-state index contributed by atoms with van der Waals surface area (Å²) in [6.45, 7) is 9.55. The SMILES string of the molecule is CC(C)(C)O.Cc1c(/C=C/C2CCCCC2)c(CC(=O)O)c(C)c2c1CPC2. The van der Waals surface area contributed by atoms with Crippen molar-refractivity contribution >= 4 is 20.6 Å². The van der Waals surface area contributed by atoms with Crippen LogP contribution >= 0.6 is 8.58 Å². The first-order valence-electron chi connectivity index (χ1n) is 10.5. The lowest BCUT2D eigenvalue weighted by Crippen LogP contribution is -2.10. The average molecular weight is 405 g/mol. The van der Waals surface area contributed by atoms with E-state index in [9.17, 15) is 9.90 Å². The average Bonchev–Trinajstić information content (AvgIpc) is 3.08. The number of hydrogen-bond donors (Lipinski definition) is 2. The third-order valence-corrected chi connectivity index (χ3v) is 6.77. The Labute approximate surface area is 172 Å². The van der Waals surface area contributed by atoms with Gasteiger partial charge in [0.1, 0.15) is 0 Å². The summed E-state index contributed by atoms with van der Waals surface area (Å²) < 4.78 is 0. The van der Waals surface area contributed by atoms with Crippen molar-refractivity contribution < 1.29 is 15.0 Å². The van der Waals surface area contributed by atoms with Crippen LogP contribution in [-0.4, -0.2) is 21.8 Å². The smallest absolute Gasteiger partial charge is 0.307 e. The largest absolute Gasteiger partial charge is 0.481 e. The highest BCUT2D eigenvalue weighted by Gasteiger charge is 2.23. The Bertz CT molecular complexity index is 717. The molecule has 1 saturated carbocycles. The molecule has 1 heterocycles. The highest BCUT2D eigenvalue weighted by Crippen LogP contribution is 2.42. The molecule has 1 aromatic carbocycles. The first-order chi connectivity index (χ1) is 13.1. The van der Waals surface area contributed by atoms with Crippen molar-refractivity contribution in [3.8, 4) is 0 Å². The minimum Gasteiger partial charge on any atom is -0.481 e. The second-order valence-electron chi connectivity index (χ2n) is 9.20. The fraction of sp³-hybridized carbons (Fsp3) is 0.625. The highest BCUT2D eigenvalue weighted by atomic mass is 31.1. The molecule has 0 saturated heterocycles. The van der Waals surface area contributed by atoms with E-state index in [1.165, 1.54) is 66.1 Å². The summed E-state index contributed by atoms with van der Waals surface area (Å²) in [5.74, 6) is -0.0449. The van der Waals surface area contributed by atoms with Gasteiger partial charge in [0.2, 0.25) is 0 Å². The van der Waals surface area contributed by atoms with Gasteiger partial charge in [-0.15, -0.1) is 8.58 Å². The molecule has 3 rings (SSSR count). The Morgan fingerprint density at radius 2 is 1.61 bits per heavy atom. The van der Waals surface area contributed by atoms with Gasteiger partial charge in [0.25, 0.3) is 0 Å². The van der Waals surface area contributed by atoms with Crippen LogP contribution in [-0.2, 0) is 23.5 Å². The number of hydrogen-bond acceptors (Lipinski definition) is 2. The van der Waals surface area contributed by atoms with Gasteiger partial charge in [-0.25, -0.2) is 0 Å².